The summed E-state index contributed by atoms with van der Waals surface area (Å²) in [6.45, 7) is 6.03. The zero-order valence-electron chi connectivity index (χ0n) is 20.9. The lowest BCUT2D eigenvalue weighted by molar-refractivity contribution is -0.137. The van der Waals surface area contributed by atoms with Crippen LogP contribution in [0.25, 0.3) is 11.2 Å². The molecular formula is C26H31F3N6O2. The normalized spacial score (nSPS) is 19.6. The molecule has 1 saturated carbocycles. The lowest BCUT2D eigenvalue weighted by Crippen LogP contribution is -2.36. The number of rotatable bonds is 7. The van der Waals surface area contributed by atoms with Gasteiger partial charge in [0.25, 0.3) is 0 Å². The fourth-order valence-corrected chi connectivity index (χ4v) is 5.24. The molecule has 1 aliphatic carbocycles. The van der Waals surface area contributed by atoms with Crippen molar-refractivity contribution in [1.82, 2.24) is 19.5 Å². The smallest absolute Gasteiger partial charge is 0.416 e. The summed E-state index contributed by atoms with van der Waals surface area (Å²) in [6.07, 6.45) is 1.03. The van der Waals surface area contributed by atoms with Crippen molar-refractivity contribution in [2.45, 2.75) is 64.7 Å². The molecule has 1 aliphatic heterocycles. The number of aromatic carboxylic acids is 1. The van der Waals surface area contributed by atoms with E-state index in [1.807, 2.05) is 4.57 Å². The van der Waals surface area contributed by atoms with Gasteiger partial charge in [0, 0.05) is 19.1 Å². The first-order chi connectivity index (χ1) is 17.6. The zero-order chi connectivity index (χ0) is 26.3. The van der Waals surface area contributed by atoms with Crippen molar-refractivity contribution >= 4 is 28.9 Å². The molecular weight excluding hydrogens is 485 g/mol. The molecule has 2 aliphatic rings. The first-order valence-corrected chi connectivity index (χ1v) is 12.8. The molecule has 1 aromatic carbocycles. The largest absolute Gasteiger partial charge is 0.475 e. The number of nitrogens with one attached hydrogen (secondary N) is 1. The van der Waals surface area contributed by atoms with E-state index in [9.17, 15) is 23.1 Å². The predicted octanol–water partition coefficient (Wildman–Crippen LogP) is 5.43. The Morgan fingerprint density at radius 2 is 1.86 bits per heavy atom. The van der Waals surface area contributed by atoms with Crippen LogP contribution in [-0.2, 0) is 12.7 Å². The molecule has 37 heavy (non-hydrogen) atoms. The van der Waals surface area contributed by atoms with Crippen LogP contribution >= 0.6 is 0 Å². The van der Waals surface area contributed by atoms with E-state index in [0.717, 1.165) is 50.9 Å². The maximum Gasteiger partial charge on any atom is 0.416 e. The van der Waals surface area contributed by atoms with E-state index in [2.05, 4.69) is 34.0 Å². The second-order valence-electron chi connectivity index (χ2n) is 10.4. The Morgan fingerprint density at radius 1 is 1.14 bits per heavy atom. The Bertz CT molecular complexity index is 1290. The number of carboxylic acid groups (broad SMARTS) is 1. The molecule has 2 atom stereocenters. The topological polar surface area (TPSA) is 96.2 Å². The van der Waals surface area contributed by atoms with Crippen molar-refractivity contribution in [3.8, 4) is 0 Å². The molecule has 5 rings (SSSR count). The minimum absolute atomic E-state index is 0.0707. The molecule has 3 aromatic rings. The number of carbonyl (C=O) groups is 1. The molecule has 2 aromatic heterocycles. The molecule has 8 nitrogen and oxygen atoms in total. The van der Waals surface area contributed by atoms with Gasteiger partial charge >= 0.3 is 12.1 Å². The maximum atomic E-state index is 13.1. The molecule has 2 fully saturated rings. The fourth-order valence-electron chi connectivity index (χ4n) is 5.24. The van der Waals surface area contributed by atoms with Gasteiger partial charge in [-0.3, -0.25) is 0 Å². The van der Waals surface area contributed by atoms with Crippen LogP contribution in [0, 0.1) is 11.8 Å². The number of carboxylic acids is 1. The molecule has 0 radical (unpaired) electrons. The number of hydrogen-bond donors (Lipinski definition) is 2. The van der Waals surface area contributed by atoms with Gasteiger partial charge in [-0.05, 0) is 62.1 Å². The number of halogens is 3. The summed E-state index contributed by atoms with van der Waals surface area (Å²) in [6, 6.07) is 5.16. The van der Waals surface area contributed by atoms with Gasteiger partial charge in [0.15, 0.2) is 11.5 Å². The van der Waals surface area contributed by atoms with Crippen molar-refractivity contribution < 1.29 is 23.1 Å². The summed E-state index contributed by atoms with van der Waals surface area (Å²) in [5.74, 6) is 0.340. The standard InChI is InChI=1S/C26H31F3N6O2/c1-15-5-4-12-34(13-15)25-33-22-20(35(25)14-17-8-10-19(11-9-17)26(27,28)29)21(31-23(32-22)24(36)37)30-16(2)18-6-3-7-18/h8-11,15-16,18H,3-7,12-14H2,1-2H3,(H,36,37)(H,30,31,32)/t15?,16-/m1/s1. The third-order valence-electron chi connectivity index (χ3n) is 7.56. The van der Waals surface area contributed by atoms with Crippen molar-refractivity contribution in [2.75, 3.05) is 23.3 Å². The van der Waals surface area contributed by atoms with Crippen molar-refractivity contribution in [3.63, 3.8) is 0 Å². The van der Waals surface area contributed by atoms with Crippen molar-refractivity contribution in [2.24, 2.45) is 11.8 Å². The van der Waals surface area contributed by atoms with Gasteiger partial charge in [0.1, 0.15) is 5.52 Å². The Labute approximate surface area is 212 Å². The number of imidazole rings is 1. The second-order valence-corrected chi connectivity index (χ2v) is 10.4. The number of nitrogens with zero attached hydrogens (tertiary/aromatic N) is 5. The number of anilines is 2. The number of piperidine rings is 1. The van der Waals surface area contributed by atoms with E-state index < -0.39 is 17.7 Å². The highest BCUT2D eigenvalue weighted by molar-refractivity contribution is 5.91. The highest BCUT2D eigenvalue weighted by Crippen LogP contribution is 2.35. The molecule has 11 heteroatoms. The van der Waals surface area contributed by atoms with E-state index in [1.54, 1.807) is 0 Å². The summed E-state index contributed by atoms with van der Waals surface area (Å²) in [7, 11) is 0. The molecule has 3 heterocycles. The van der Waals surface area contributed by atoms with Crippen LogP contribution in [0.4, 0.5) is 24.9 Å². The van der Waals surface area contributed by atoms with Crippen LogP contribution in [-0.4, -0.2) is 49.7 Å². The highest BCUT2D eigenvalue weighted by Gasteiger charge is 2.31. The van der Waals surface area contributed by atoms with Crippen molar-refractivity contribution in [1.29, 1.82) is 0 Å². The van der Waals surface area contributed by atoms with Crippen molar-refractivity contribution in [3.05, 3.63) is 41.2 Å². The lowest BCUT2D eigenvalue weighted by atomic mass is 9.80. The lowest BCUT2D eigenvalue weighted by Gasteiger charge is -2.33. The van der Waals surface area contributed by atoms with E-state index in [-0.39, 0.29) is 24.1 Å². The van der Waals surface area contributed by atoms with Crippen LogP contribution in [0.3, 0.4) is 0 Å². The van der Waals surface area contributed by atoms with Crippen LogP contribution in [0.2, 0.25) is 0 Å². The Morgan fingerprint density at radius 3 is 2.46 bits per heavy atom. The average Bonchev–Trinajstić information content (AvgIpc) is 3.16. The van der Waals surface area contributed by atoms with Crippen LogP contribution in [0.15, 0.2) is 24.3 Å². The fraction of sp³-hybridized carbons (Fsp3) is 0.538. The molecule has 198 valence electrons. The Balaban J connectivity index is 1.62. The van der Waals surface area contributed by atoms with Crippen LogP contribution in [0.5, 0.6) is 0 Å². The SMILES string of the molecule is CC1CCCN(c2nc3nc(C(=O)O)nc(N[C@H](C)C4CCC4)c3n2Cc2ccc(C(F)(F)F)cc2)C1. The predicted molar refractivity (Wildman–Crippen MR) is 134 cm³/mol. The monoisotopic (exact) mass is 516 g/mol. The summed E-state index contributed by atoms with van der Waals surface area (Å²) in [4.78, 5) is 27.4. The Kier molecular flexibility index (Phi) is 6.72. The van der Waals surface area contributed by atoms with E-state index >= 15 is 0 Å². The van der Waals surface area contributed by atoms with Gasteiger partial charge in [0.05, 0.1) is 12.1 Å². The second kappa shape index (κ2) is 9.83. The number of alkyl halides is 3. The van der Waals surface area contributed by atoms with Gasteiger partial charge in [-0.2, -0.15) is 18.2 Å². The van der Waals surface area contributed by atoms with Gasteiger partial charge in [-0.15, -0.1) is 0 Å². The third-order valence-corrected chi connectivity index (χ3v) is 7.56. The number of benzene rings is 1. The van der Waals surface area contributed by atoms with Crippen LogP contribution in [0.1, 0.15) is 67.7 Å². The summed E-state index contributed by atoms with van der Waals surface area (Å²) < 4.78 is 41.3. The van der Waals surface area contributed by atoms with Gasteiger partial charge in [0.2, 0.25) is 11.8 Å². The highest BCUT2D eigenvalue weighted by atomic mass is 19.4. The quantitative estimate of drug-likeness (QED) is 0.432. The van der Waals surface area contributed by atoms with Gasteiger partial charge in [-0.25, -0.2) is 14.8 Å². The third kappa shape index (κ3) is 5.21. The Hall–Kier alpha value is -3.37. The van der Waals surface area contributed by atoms with Crippen LogP contribution < -0.4 is 10.2 Å². The van der Waals surface area contributed by atoms with E-state index in [0.29, 0.717) is 34.7 Å². The molecule has 0 bridgehead atoms. The van der Waals surface area contributed by atoms with Gasteiger partial charge < -0.3 is 19.9 Å². The van der Waals surface area contributed by atoms with E-state index in [4.69, 9.17) is 4.98 Å². The van der Waals surface area contributed by atoms with Gasteiger partial charge in [-0.1, -0.05) is 25.5 Å². The number of aromatic nitrogens is 4. The zero-order valence-corrected chi connectivity index (χ0v) is 20.9. The summed E-state index contributed by atoms with van der Waals surface area (Å²) in [5.41, 5.74) is 0.780. The maximum absolute atomic E-state index is 13.1. The first-order valence-electron chi connectivity index (χ1n) is 12.8. The molecule has 0 spiro atoms. The first kappa shape index (κ1) is 25.3. The average molecular weight is 517 g/mol. The minimum atomic E-state index is -4.41. The molecule has 0 amide bonds. The molecule has 2 N–H and O–H groups in total. The number of hydrogen-bond acceptors (Lipinski definition) is 6. The van der Waals surface area contributed by atoms with E-state index in [1.165, 1.54) is 18.6 Å². The summed E-state index contributed by atoms with van der Waals surface area (Å²) in [5, 5.41) is 13.1. The number of fused-ring (bicyclic) bond motifs is 1. The molecule has 1 unspecified atom stereocenters. The minimum Gasteiger partial charge on any atom is -0.475 e. The molecule has 1 saturated heterocycles. The summed E-state index contributed by atoms with van der Waals surface area (Å²) >= 11 is 0.